The number of anilines is 1. The number of nitrogens with one attached hydrogen (secondary N) is 1. The van der Waals surface area contributed by atoms with Gasteiger partial charge in [0.05, 0.1) is 30.9 Å². The molecule has 0 unspecified atom stereocenters. The molecule has 0 aliphatic carbocycles. The Bertz CT molecular complexity index is 686. The van der Waals surface area contributed by atoms with Crippen molar-refractivity contribution in [2.24, 2.45) is 0 Å². The molecule has 1 N–H and O–H groups in total. The van der Waals surface area contributed by atoms with Crippen molar-refractivity contribution in [2.45, 2.75) is 13.5 Å². The van der Waals surface area contributed by atoms with Crippen LogP contribution in [0.5, 0.6) is 0 Å². The van der Waals surface area contributed by atoms with Gasteiger partial charge in [-0.15, -0.1) is 11.8 Å². The molecule has 0 atom stereocenters. The summed E-state index contributed by atoms with van der Waals surface area (Å²) in [6, 6.07) is 11.2. The zero-order valence-electron chi connectivity index (χ0n) is 15.1. The molecule has 0 saturated heterocycles. The maximum atomic E-state index is 12.4. The minimum Gasteiger partial charge on any atom is -0.467 e. The summed E-state index contributed by atoms with van der Waals surface area (Å²) in [7, 11) is 1.60. The molecule has 2 aromatic rings. The summed E-state index contributed by atoms with van der Waals surface area (Å²) in [5.41, 5.74) is 1.89. The fourth-order valence-corrected chi connectivity index (χ4v) is 2.96. The predicted molar refractivity (Wildman–Crippen MR) is 103 cm³/mol. The van der Waals surface area contributed by atoms with Crippen molar-refractivity contribution in [2.75, 3.05) is 37.1 Å². The van der Waals surface area contributed by atoms with Gasteiger partial charge in [0.2, 0.25) is 11.8 Å². The number of carbonyl (C=O) groups excluding carboxylic acids is 2. The number of hydrogen-bond donors (Lipinski definition) is 1. The van der Waals surface area contributed by atoms with E-state index in [4.69, 9.17) is 9.15 Å². The number of rotatable bonds is 10. The van der Waals surface area contributed by atoms with Crippen LogP contribution in [0, 0.1) is 6.92 Å². The molecule has 1 heterocycles. The molecule has 6 nitrogen and oxygen atoms in total. The number of carbonyl (C=O) groups is 2. The van der Waals surface area contributed by atoms with Crippen LogP contribution in [0.3, 0.4) is 0 Å². The van der Waals surface area contributed by atoms with Crippen molar-refractivity contribution in [3.05, 3.63) is 54.0 Å². The van der Waals surface area contributed by atoms with E-state index >= 15 is 0 Å². The standard InChI is InChI=1S/C19H24N2O4S/c1-15-5-7-16(8-6-15)20-18(22)13-26-14-19(23)21(9-11-24-2)12-17-4-3-10-25-17/h3-8,10H,9,11-14H2,1-2H3,(H,20,22). The fraction of sp³-hybridized carbons (Fsp3) is 0.368. The number of thioether (sulfide) groups is 1. The number of hydrogen-bond acceptors (Lipinski definition) is 5. The van der Waals surface area contributed by atoms with Gasteiger partial charge in [0.25, 0.3) is 0 Å². The number of benzene rings is 1. The Labute approximate surface area is 157 Å². The van der Waals surface area contributed by atoms with E-state index in [1.54, 1.807) is 24.3 Å². The van der Waals surface area contributed by atoms with Crippen molar-refractivity contribution in [1.82, 2.24) is 4.90 Å². The van der Waals surface area contributed by atoms with E-state index in [0.717, 1.165) is 17.0 Å². The van der Waals surface area contributed by atoms with E-state index in [9.17, 15) is 9.59 Å². The summed E-state index contributed by atoms with van der Waals surface area (Å²) in [6.45, 7) is 3.31. The summed E-state index contributed by atoms with van der Waals surface area (Å²) in [4.78, 5) is 26.1. The van der Waals surface area contributed by atoms with Gasteiger partial charge >= 0.3 is 0 Å². The lowest BCUT2D eigenvalue weighted by molar-refractivity contribution is -0.129. The number of ether oxygens (including phenoxy) is 1. The van der Waals surface area contributed by atoms with Crippen molar-refractivity contribution in [3.8, 4) is 0 Å². The van der Waals surface area contributed by atoms with E-state index in [-0.39, 0.29) is 23.3 Å². The Kier molecular flexibility index (Phi) is 8.24. The third-order valence-electron chi connectivity index (χ3n) is 3.64. The van der Waals surface area contributed by atoms with Crippen LogP contribution in [-0.4, -0.2) is 48.5 Å². The first-order valence-corrected chi connectivity index (χ1v) is 9.47. The zero-order chi connectivity index (χ0) is 18.8. The van der Waals surface area contributed by atoms with Gasteiger partial charge in [-0.25, -0.2) is 0 Å². The highest BCUT2D eigenvalue weighted by atomic mass is 32.2. The highest BCUT2D eigenvalue weighted by Crippen LogP contribution is 2.11. The Balaban J connectivity index is 1.77. The summed E-state index contributed by atoms with van der Waals surface area (Å²) in [5.74, 6) is 0.994. The van der Waals surface area contributed by atoms with E-state index in [1.165, 1.54) is 11.8 Å². The molecule has 0 bridgehead atoms. The summed E-state index contributed by atoms with van der Waals surface area (Å²) < 4.78 is 10.4. The molecule has 2 rings (SSSR count). The van der Waals surface area contributed by atoms with Crippen molar-refractivity contribution >= 4 is 29.3 Å². The molecule has 0 spiro atoms. The molecule has 1 aromatic heterocycles. The van der Waals surface area contributed by atoms with Gasteiger partial charge in [0.1, 0.15) is 5.76 Å². The normalized spacial score (nSPS) is 10.5. The molecule has 0 aliphatic heterocycles. The van der Waals surface area contributed by atoms with Crippen LogP contribution < -0.4 is 5.32 Å². The van der Waals surface area contributed by atoms with Gasteiger partial charge in [-0.3, -0.25) is 9.59 Å². The first-order valence-electron chi connectivity index (χ1n) is 8.32. The summed E-state index contributed by atoms with van der Waals surface area (Å²) >= 11 is 1.29. The molecule has 0 saturated carbocycles. The Hall–Kier alpha value is -2.25. The van der Waals surface area contributed by atoms with Crippen LogP contribution in [0.25, 0.3) is 0 Å². The second kappa shape index (κ2) is 10.7. The zero-order valence-corrected chi connectivity index (χ0v) is 15.9. The largest absolute Gasteiger partial charge is 0.467 e. The molecular formula is C19H24N2O4S. The van der Waals surface area contributed by atoms with E-state index in [0.29, 0.717) is 19.7 Å². The van der Waals surface area contributed by atoms with Gasteiger partial charge in [0, 0.05) is 19.3 Å². The Morgan fingerprint density at radius 1 is 1.19 bits per heavy atom. The SMILES string of the molecule is COCCN(Cc1ccco1)C(=O)CSCC(=O)Nc1ccc(C)cc1. The third kappa shape index (κ3) is 6.93. The van der Waals surface area contributed by atoms with Gasteiger partial charge < -0.3 is 19.4 Å². The van der Waals surface area contributed by atoms with Crippen LogP contribution in [0.4, 0.5) is 5.69 Å². The molecule has 1 aromatic carbocycles. The first-order chi connectivity index (χ1) is 12.6. The Morgan fingerprint density at radius 3 is 2.62 bits per heavy atom. The third-order valence-corrected chi connectivity index (χ3v) is 4.56. The van der Waals surface area contributed by atoms with E-state index < -0.39 is 0 Å². The lowest BCUT2D eigenvalue weighted by atomic mass is 10.2. The molecule has 0 fully saturated rings. The minimum atomic E-state index is -0.124. The summed E-state index contributed by atoms with van der Waals surface area (Å²) in [5, 5.41) is 2.82. The molecule has 2 amide bonds. The number of aryl methyl sites for hydroxylation is 1. The smallest absolute Gasteiger partial charge is 0.234 e. The monoisotopic (exact) mass is 376 g/mol. The molecule has 0 aliphatic rings. The molecule has 0 radical (unpaired) electrons. The van der Waals surface area contributed by atoms with Crippen molar-refractivity contribution in [3.63, 3.8) is 0 Å². The second-order valence-electron chi connectivity index (χ2n) is 5.79. The van der Waals surface area contributed by atoms with Crippen LogP contribution >= 0.6 is 11.8 Å². The van der Waals surface area contributed by atoms with Crippen LogP contribution in [-0.2, 0) is 20.9 Å². The highest BCUT2D eigenvalue weighted by Gasteiger charge is 2.16. The lowest BCUT2D eigenvalue weighted by Crippen LogP contribution is -2.35. The van der Waals surface area contributed by atoms with Crippen LogP contribution in [0.1, 0.15) is 11.3 Å². The number of amides is 2. The first kappa shape index (κ1) is 20.1. The number of methoxy groups -OCH3 is 1. The highest BCUT2D eigenvalue weighted by molar-refractivity contribution is 8.00. The van der Waals surface area contributed by atoms with E-state index in [1.807, 2.05) is 37.3 Å². The molecule has 26 heavy (non-hydrogen) atoms. The van der Waals surface area contributed by atoms with E-state index in [2.05, 4.69) is 5.32 Å². The lowest BCUT2D eigenvalue weighted by Gasteiger charge is -2.21. The second-order valence-corrected chi connectivity index (χ2v) is 6.78. The maximum absolute atomic E-state index is 12.4. The maximum Gasteiger partial charge on any atom is 0.234 e. The molecular weight excluding hydrogens is 352 g/mol. The summed E-state index contributed by atoms with van der Waals surface area (Å²) in [6.07, 6.45) is 1.58. The van der Waals surface area contributed by atoms with Crippen LogP contribution in [0.2, 0.25) is 0 Å². The van der Waals surface area contributed by atoms with Crippen molar-refractivity contribution < 1.29 is 18.7 Å². The number of nitrogens with zero attached hydrogens (tertiary/aromatic N) is 1. The Morgan fingerprint density at radius 2 is 1.96 bits per heavy atom. The van der Waals surface area contributed by atoms with Gasteiger partial charge in [-0.2, -0.15) is 0 Å². The average Bonchev–Trinajstić information content (AvgIpc) is 3.13. The van der Waals surface area contributed by atoms with Gasteiger partial charge in [0.15, 0.2) is 0 Å². The minimum absolute atomic E-state index is 0.0495. The molecule has 7 heteroatoms. The molecule has 140 valence electrons. The van der Waals surface area contributed by atoms with Crippen LogP contribution in [0.15, 0.2) is 47.1 Å². The van der Waals surface area contributed by atoms with Gasteiger partial charge in [-0.05, 0) is 31.2 Å². The topological polar surface area (TPSA) is 71.8 Å². The quantitative estimate of drug-likeness (QED) is 0.690. The number of furan rings is 1. The van der Waals surface area contributed by atoms with Crippen molar-refractivity contribution in [1.29, 1.82) is 0 Å². The predicted octanol–water partition coefficient (Wildman–Crippen LogP) is 2.93. The van der Waals surface area contributed by atoms with Gasteiger partial charge in [-0.1, -0.05) is 17.7 Å². The average molecular weight is 376 g/mol. The fourth-order valence-electron chi connectivity index (χ4n) is 2.24.